The van der Waals surface area contributed by atoms with Gasteiger partial charge in [-0.15, -0.1) is 11.3 Å². The molecule has 0 amide bonds. The van der Waals surface area contributed by atoms with Crippen LogP contribution in [0.5, 0.6) is 0 Å². The van der Waals surface area contributed by atoms with E-state index in [9.17, 15) is 13.2 Å². The van der Waals surface area contributed by atoms with Gasteiger partial charge in [0.1, 0.15) is 9.77 Å². The Kier molecular flexibility index (Phi) is 4.79. The van der Waals surface area contributed by atoms with Crippen molar-refractivity contribution >= 4 is 27.3 Å². The van der Waals surface area contributed by atoms with Crippen molar-refractivity contribution < 1.29 is 17.9 Å². The molecule has 0 saturated carbocycles. The van der Waals surface area contributed by atoms with Gasteiger partial charge in [0.15, 0.2) is 0 Å². The summed E-state index contributed by atoms with van der Waals surface area (Å²) in [5.74, 6) is -0.617. The van der Waals surface area contributed by atoms with Crippen molar-refractivity contribution in [1.82, 2.24) is 9.62 Å². The summed E-state index contributed by atoms with van der Waals surface area (Å²) in [5.41, 5.74) is 0. The summed E-state index contributed by atoms with van der Waals surface area (Å²) in [4.78, 5) is 11.8. The molecule has 2 rings (SSSR count). The lowest BCUT2D eigenvalue weighted by molar-refractivity contribution is 0.0602. The highest BCUT2D eigenvalue weighted by molar-refractivity contribution is 7.89. The van der Waals surface area contributed by atoms with Gasteiger partial charge in [0, 0.05) is 19.6 Å². The van der Waals surface area contributed by atoms with E-state index in [2.05, 4.69) is 10.1 Å². The topological polar surface area (TPSA) is 75.7 Å². The number of nitrogens with one attached hydrogen (secondary N) is 1. The number of methoxy groups -OCH3 is 1. The lowest BCUT2D eigenvalue weighted by Crippen LogP contribution is -2.46. The fourth-order valence-corrected chi connectivity index (χ4v) is 4.93. The molecule has 0 aliphatic carbocycles. The van der Waals surface area contributed by atoms with Gasteiger partial charge in [-0.1, -0.05) is 0 Å². The molecule has 0 spiro atoms. The summed E-state index contributed by atoms with van der Waals surface area (Å²) in [6.45, 7) is 1.55. The Labute approximate surface area is 122 Å². The molecule has 1 saturated heterocycles. The number of piperidine rings is 1. The van der Waals surface area contributed by atoms with Crippen LogP contribution < -0.4 is 5.32 Å². The first-order valence-electron chi connectivity index (χ1n) is 6.33. The first kappa shape index (κ1) is 15.4. The fraction of sp³-hybridized carbons (Fsp3) is 0.583. The Morgan fingerprint density at radius 3 is 2.90 bits per heavy atom. The molecule has 1 N–H and O–H groups in total. The van der Waals surface area contributed by atoms with Gasteiger partial charge in [0.25, 0.3) is 0 Å². The van der Waals surface area contributed by atoms with E-state index in [4.69, 9.17) is 0 Å². The summed E-state index contributed by atoms with van der Waals surface area (Å²) >= 11 is 1.08. The number of hydrogen-bond acceptors (Lipinski definition) is 6. The van der Waals surface area contributed by atoms with E-state index in [0.29, 0.717) is 6.54 Å². The Balaban J connectivity index is 2.30. The number of carbonyl (C=O) groups is 1. The van der Waals surface area contributed by atoms with E-state index >= 15 is 0 Å². The lowest BCUT2D eigenvalue weighted by Gasteiger charge is -2.30. The van der Waals surface area contributed by atoms with Crippen LogP contribution in [0.1, 0.15) is 22.5 Å². The van der Waals surface area contributed by atoms with E-state index in [-0.39, 0.29) is 15.8 Å². The second kappa shape index (κ2) is 6.21. The molecule has 8 heteroatoms. The van der Waals surface area contributed by atoms with Crippen LogP contribution in [-0.4, -0.2) is 52.0 Å². The van der Waals surface area contributed by atoms with Gasteiger partial charge in [-0.25, -0.2) is 13.2 Å². The quantitative estimate of drug-likeness (QED) is 0.835. The summed E-state index contributed by atoms with van der Waals surface area (Å²) in [5, 5.41) is 4.78. The monoisotopic (exact) mass is 318 g/mol. The van der Waals surface area contributed by atoms with Gasteiger partial charge in [-0.05, 0) is 30.8 Å². The first-order valence-corrected chi connectivity index (χ1v) is 8.65. The predicted octanol–water partition coefficient (Wildman–Crippen LogP) is 0.907. The Bertz CT molecular complexity index is 576. The Hall–Kier alpha value is -0.960. The number of ether oxygens (including phenoxy) is 1. The molecule has 1 fully saturated rings. The molecule has 0 bridgehead atoms. The maximum atomic E-state index is 12.6. The van der Waals surface area contributed by atoms with Crippen molar-refractivity contribution in [3.63, 3.8) is 0 Å². The van der Waals surface area contributed by atoms with Gasteiger partial charge >= 0.3 is 5.97 Å². The SMILES string of the molecule is COC(=O)c1sccc1S(=O)(=O)N(C)C1CCCNC1. The van der Waals surface area contributed by atoms with E-state index in [0.717, 1.165) is 30.7 Å². The number of sulfonamides is 1. The largest absolute Gasteiger partial charge is 0.465 e. The lowest BCUT2D eigenvalue weighted by atomic mass is 10.1. The number of esters is 1. The maximum absolute atomic E-state index is 12.6. The number of thiophene rings is 1. The third-order valence-electron chi connectivity index (χ3n) is 3.44. The zero-order valence-electron chi connectivity index (χ0n) is 11.5. The molecule has 1 atom stereocenters. The number of nitrogens with zero attached hydrogens (tertiary/aromatic N) is 1. The molecule has 1 aromatic rings. The molecule has 112 valence electrons. The normalized spacial score (nSPS) is 20.1. The minimum atomic E-state index is -3.68. The Morgan fingerprint density at radius 1 is 1.55 bits per heavy atom. The summed E-state index contributed by atoms with van der Waals surface area (Å²) in [7, 11) is -0.874. The molecular weight excluding hydrogens is 300 g/mol. The van der Waals surface area contributed by atoms with E-state index in [1.807, 2.05) is 0 Å². The highest BCUT2D eigenvalue weighted by atomic mass is 32.2. The van der Waals surface area contributed by atoms with Crippen molar-refractivity contribution in [3.8, 4) is 0 Å². The van der Waals surface area contributed by atoms with Gasteiger partial charge in [0.2, 0.25) is 10.0 Å². The van der Waals surface area contributed by atoms with Crippen molar-refractivity contribution in [3.05, 3.63) is 16.3 Å². The highest BCUT2D eigenvalue weighted by Gasteiger charge is 2.33. The number of rotatable bonds is 4. The van der Waals surface area contributed by atoms with Crippen LogP contribution in [0, 0.1) is 0 Å². The summed E-state index contributed by atoms with van der Waals surface area (Å²) in [6.07, 6.45) is 1.76. The zero-order valence-corrected chi connectivity index (χ0v) is 13.1. The molecule has 1 aliphatic heterocycles. The summed E-state index contributed by atoms with van der Waals surface area (Å²) in [6, 6.07) is 1.37. The van der Waals surface area contributed by atoms with Crippen LogP contribution in [-0.2, 0) is 14.8 Å². The maximum Gasteiger partial charge on any atom is 0.349 e. The third-order valence-corrected chi connectivity index (χ3v) is 6.42. The number of likely N-dealkylation sites (N-methyl/N-ethyl adjacent to an activating group) is 1. The molecular formula is C12H18N2O4S2. The van der Waals surface area contributed by atoms with Gasteiger partial charge in [0.05, 0.1) is 7.11 Å². The molecule has 6 nitrogen and oxygen atoms in total. The molecule has 1 unspecified atom stereocenters. The van der Waals surface area contributed by atoms with Gasteiger partial charge in [-0.3, -0.25) is 0 Å². The molecule has 1 aromatic heterocycles. The van der Waals surface area contributed by atoms with Crippen LogP contribution in [0.2, 0.25) is 0 Å². The van der Waals surface area contributed by atoms with Crippen LogP contribution in [0.15, 0.2) is 16.3 Å². The first-order chi connectivity index (χ1) is 9.48. The Morgan fingerprint density at radius 2 is 2.30 bits per heavy atom. The van der Waals surface area contributed by atoms with Crippen molar-refractivity contribution in [2.24, 2.45) is 0 Å². The van der Waals surface area contributed by atoms with Crippen LogP contribution >= 0.6 is 11.3 Å². The van der Waals surface area contributed by atoms with Crippen molar-refractivity contribution in [2.75, 3.05) is 27.2 Å². The minimum Gasteiger partial charge on any atom is -0.465 e. The molecule has 0 aromatic carbocycles. The highest BCUT2D eigenvalue weighted by Crippen LogP contribution is 2.27. The van der Waals surface area contributed by atoms with Crippen LogP contribution in [0.4, 0.5) is 0 Å². The second-order valence-electron chi connectivity index (χ2n) is 4.63. The van der Waals surface area contributed by atoms with Crippen molar-refractivity contribution in [2.45, 2.75) is 23.8 Å². The van der Waals surface area contributed by atoms with E-state index in [1.54, 1.807) is 12.4 Å². The van der Waals surface area contributed by atoms with Gasteiger partial charge < -0.3 is 10.1 Å². The van der Waals surface area contributed by atoms with Crippen molar-refractivity contribution in [1.29, 1.82) is 0 Å². The van der Waals surface area contributed by atoms with Crippen LogP contribution in [0.25, 0.3) is 0 Å². The fourth-order valence-electron chi connectivity index (χ4n) is 2.24. The zero-order chi connectivity index (χ0) is 14.8. The molecule has 0 radical (unpaired) electrons. The predicted molar refractivity (Wildman–Crippen MR) is 76.5 cm³/mol. The number of hydrogen-bond donors (Lipinski definition) is 1. The van der Waals surface area contributed by atoms with Gasteiger partial charge in [-0.2, -0.15) is 4.31 Å². The molecule has 1 aliphatic rings. The second-order valence-corrected chi connectivity index (χ2v) is 7.51. The average molecular weight is 318 g/mol. The van der Waals surface area contributed by atoms with E-state index < -0.39 is 16.0 Å². The average Bonchev–Trinajstić information content (AvgIpc) is 2.96. The van der Waals surface area contributed by atoms with E-state index in [1.165, 1.54) is 17.5 Å². The van der Waals surface area contributed by atoms with Crippen LogP contribution in [0.3, 0.4) is 0 Å². The standard InChI is InChI=1S/C12H18N2O4S2/c1-14(9-4-3-6-13-8-9)20(16,17)10-5-7-19-11(10)12(15)18-2/h5,7,9,13H,3-4,6,8H2,1-2H3. The third kappa shape index (κ3) is 2.88. The smallest absolute Gasteiger partial charge is 0.349 e. The molecule has 2 heterocycles. The minimum absolute atomic E-state index is 0.0300. The molecule has 20 heavy (non-hydrogen) atoms. The number of carbonyl (C=O) groups excluding carboxylic acids is 1. The summed E-state index contributed by atoms with van der Waals surface area (Å²) < 4.78 is 31.2.